The molecule has 0 aliphatic rings. The number of carbonyl (C=O) groups excluding carboxylic acids is 1. The van der Waals surface area contributed by atoms with Gasteiger partial charge in [0, 0.05) is 6.54 Å². The topological polar surface area (TPSA) is 62.2 Å². The highest BCUT2D eigenvalue weighted by Gasteiger charge is 2.22. The first kappa shape index (κ1) is 15.6. The molecule has 1 aromatic rings. The lowest BCUT2D eigenvalue weighted by molar-refractivity contribution is 0.0428. The molecule has 0 radical (unpaired) electrons. The van der Waals surface area contributed by atoms with Crippen LogP contribution in [0.25, 0.3) is 0 Å². The Hall–Kier alpha value is -1.49. The summed E-state index contributed by atoms with van der Waals surface area (Å²) in [6.07, 6.45) is 1.47. The van der Waals surface area contributed by atoms with Crippen LogP contribution in [0.5, 0.6) is 0 Å². The monoisotopic (exact) mass is 268 g/mol. The van der Waals surface area contributed by atoms with Gasteiger partial charge < -0.3 is 10.4 Å². The number of pyridine rings is 1. The fraction of sp³-hybridized carbons (Fsp3) is 0.571. The molecule has 1 aromatic heterocycles. The molecule has 0 bridgehead atoms. The van der Waals surface area contributed by atoms with E-state index in [0.29, 0.717) is 12.3 Å². The number of aliphatic hydroxyl groups is 1. The molecular formula is C14H21FN2O2. The second-order valence-electron chi connectivity index (χ2n) is 5.46. The van der Waals surface area contributed by atoms with E-state index in [2.05, 4.69) is 24.1 Å². The van der Waals surface area contributed by atoms with Crippen molar-refractivity contribution in [2.24, 2.45) is 5.92 Å². The molecular weight excluding hydrogens is 247 g/mol. The molecule has 1 rings (SSSR count). The van der Waals surface area contributed by atoms with Crippen molar-refractivity contribution in [3.8, 4) is 0 Å². The molecule has 1 heterocycles. The van der Waals surface area contributed by atoms with Crippen LogP contribution in [0.3, 0.4) is 0 Å². The number of aromatic nitrogens is 1. The molecule has 0 aliphatic heterocycles. The molecule has 1 amide bonds. The molecule has 0 saturated heterocycles. The van der Waals surface area contributed by atoms with Crippen molar-refractivity contribution < 1.29 is 14.3 Å². The lowest BCUT2D eigenvalue weighted by Crippen LogP contribution is -2.41. The van der Waals surface area contributed by atoms with Crippen molar-refractivity contribution in [3.63, 3.8) is 0 Å². The van der Waals surface area contributed by atoms with E-state index in [-0.39, 0.29) is 12.2 Å². The standard InChI is InChI=1S/C14H21FN2O2/c1-10(2)7-8-14(3,19)9-16-13(18)11-5-4-6-12(15)17-11/h4-6,10,19H,7-9H2,1-3H3,(H,16,18). The van der Waals surface area contributed by atoms with Gasteiger partial charge in [-0.3, -0.25) is 4.79 Å². The Kier molecular flexibility index (Phi) is 5.42. The van der Waals surface area contributed by atoms with Crippen molar-refractivity contribution in [1.82, 2.24) is 10.3 Å². The predicted octanol–water partition coefficient (Wildman–Crippen LogP) is 2.14. The van der Waals surface area contributed by atoms with Gasteiger partial charge in [-0.2, -0.15) is 4.39 Å². The Balaban J connectivity index is 2.49. The fourth-order valence-corrected chi connectivity index (χ4v) is 1.58. The van der Waals surface area contributed by atoms with E-state index in [4.69, 9.17) is 0 Å². The molecule has 4 nitrogen and oxygen atoms in total. The lowest BCUT2D eigenvalue weighted by atomic mass is 9.95. The maximum absolute atomic E-state index is 12.9. The van der Waals surface area contributed by atoms with Crippen LogP contribution >= 0.6 is 0 Å². The summed E-state index contributed by atoms with van der Waals surface area (Å²) in [6.45, 7) is 5.95. The number of hydrogen-bond donors (Lipinski definition) is 2. The van der Waals surface area contributed by atoms with Gasteiger partial charge in [-0.1, -0.05) is 19.9 Å². The number of amides is 1. The molecule has 0 aromatic carbocycles. The van der Waals surface area contributed by atoms with Gasteiger partial charge in [-0.15, -0.1) is 0 Å². The smallest absolute Gasteiger partial charge is 0.270 e. The largest absolute Gasteiger partial charge is 0.388 e. The van der Waals surface area contributed by atoms with Crippen molar-refractivity contribution in [1.29, 1.82) is 0 Å². The summed E-state index contributed by atoms with van der Waals surface area (Å²) >= 11 is 0. The third-order valence-electron chi connectivity index (χ3n) is 2.84. The molecule has 0 spiro atoms. The summed E-state index contributed by atoms with van der Waals surface area (Å²) in [5.74, 6) is -0.685. The third kappa shape index (κ3) is 5.79. The van der Waals surface area contributed by atoms with Gasteiger partial charge in [0.2, 0.25) is 5.95 Å². The number of carbonyl (C=O) groups is 1. The minimum absolute atomic E-state index is 0.0136. The Morgan fingerprint density at radius 3 is 2.79 bits per heavy atom. The van der Waals surface area contributed by atoms with E-state index >= 15 is 0 Å². The van der Waals surface area contributed by atoms with Crippen LogP contribution in [0.1, 0.15) is 44.1 Å². The van der Waals surface area contributed by atoms with E-state index in [9.17, 15) is 14.3 Å². The summed E-state index contributed by atoms with van der Waals surface area (Å²) in [5, 5.41) is 12.7. The maximum atomic E-state index is 12.9. The zero-order valence-corrected chi connectivity index (χ0v) is 11.6. The molecule has 1 atom stereocenters. The van der Waals surface area contributed by atoms with E-state index in [1.807, 2.05) is 0 Å². The van der Waals surface area contributed by atoms with Crippen LogP contribution in [-0.2, 0) is 0 Å². The third-order valence-corrected chi connectivity index (χ3v) is 2.84. The summed E-state index contributed by atoms with van der Waals surface area (Å²) in [6, 6.07) is 4.03. The molecule has 1 unspecified atom stereocenters. The molecule has 0 saturated carbocycles. The first-order chi connectivity index (χ1) is 8.80. The number of hydrogen-bond acceptors (Lipinski definition) is 3. The van der Waals surface area contributed by atoms with Crippen LogP contribution in [0.15, 0.2) is 18.2 Å². The molecule has 5 heteroatoms. The first-order valence-electron chi connectivity index (χ1n) is 6.43. The van der Waals surface area contributed by atoms with Gasteiger partial charge in [-0.25, -0.2) is 4.98 Å². The van der Waals surface area contributed by atoms with E-state index in [0.717, 1.165) is 6.42 Å². The van der Waals surface area contributed by atoms with Crippen molar-refractivity contribution in [2.45, 2.75) is 39.2 Å². The average molecular weight is 268 g/mol. The van der Waals surface area contributed by atoms with E-state index in [1.54, 1.807) is 6.92 Å². The lowest BCUT2D eigenvalue weighted by Gasteiger charge is -2.24. The zero-order valence-electron chi connectivity index (χ0n) is 11.6. The Bertz CT molecular complexity index is 433. The van der Waals surface area contributed by atoms with Crippen molar-refractivity contribution in [3.05, 3.63) is 29.8 Å². The quantitative estimate of drug-likeness (QED) is 0.777. The predicted molar refractivity (Wildman–Crippen MR) is 71.2 cm³/mol. The van der Waals surface area contributed by atoms with Gasteiger partial charge >= 0.3 is 0 Å². The minimum atomic E-state index is -0.965. The highest BCUT2D eigenvalue weighted by molar-refractivity contribution is 5.92. The second-order valence-corrected chi connectivity index (χ2v) is 5.46. The summed E-state index contributed by atoms with van der Waals surface area (Å²) in [4.78, 5) is 15.2. The Morgan fingerprint density at radius 1 is 1.53 bits per heavy atom. The number of nitrogens with zero attached hydrogens (tertiary/aromatic N) is 1. The van der Waals surface area contributed by atoms with Crippen LogP contribution in [0, 0.1) is 11.9 Å². The van der Waals surface area contributed by atoms with E-state index < -0.39 is 17.5 Å². The Morgan fingerprint density at radius 2 is 2.21 bits per heavy atom. The van der Waals surface area contributed by atoms with Crippen LogP contribution in [0.2, 0.25) is 0 Å². The molecule has 0 fully saturated rings. The Labute approximate surface area is 113 Å². The summed E-state index contributed by atoms with van der Waals surface area (Å²) < 4.78 is 12.9. The molecule has 19 heavy (non-hydrogen) atoms. The van der Waals surface area contributed by atoms with Crippen molar-refractivity contribution in [2.75, 3.05) is 6.54 Å². The first-order valence-corrected chi connectivity index (χ1v) is 6.43. The number of halogens is 1. The molecule has 106 valence electrons. The van der Waals surface area contributed by atoms with Crippen molar-refractivity contribution >= 4 is 5.91 Å². The van der Waals surface area contributed by atoms with Crippen LogP contribution < -0.4 is 5.32 Å². The maximum Gasteiger partial charge on any atom is 0.270 e. The highest BCUT2D eigenvalue weighted by Crippen LogP contribution is 2.15. The highest BCUT2D eigenvalue weighted by atomic mass is 19.1. The van der Waals surface area contributed by atoms with Gasteiger partial charge in [-0.05, 0) is 37.8 Å². The SMILES string of the molecule is CC(C)CCC(C)(O)CNC(=O)c1cccc(F)n1. The molecule has 0 aliphatic carbocycles. The van der Waals surface area contributed by atoms with Crippen LogP contribution in [0.4, 0.5) is 4.39 Å². The summed E-state index contributed by atoms with van der Waals surface area (Å²) in [7, 11) is 0. The van der Waals surface area contributed by atoms with Crippen LogP contribution in [-0.4, -0.2) is 28.1 Å². The average Bonchev–Trinajstić information content (AvgIpc) is 2.34. The molecule has 2 N–H and O–H groups in total. The zero-order chi connectivity index (χ0) is 14.5. The normalized spacial score (nSPS) is 14.2. The second kappa shape index (κ2) is 6.61. The van der Waals surface area contributed by atoms with Gasteiger partial charge in [0.15, 0.2) is 0 Å². The van der Waals surface area contributed by atoms with E-state index in [1.165, 1.54) is 18.2 Å². The number of nitrogens with one attached hydrogen (secondary N) is 1. The van der Waals surface area contributed by atoms with Gasteiger partial charge in [0.1, 0.15) is 5.69 Å². The summed E-state index contributed by atoms with van der Waals surface area (Å²) in [5.41, 5.74) is -0.951. The minimum Gasteiger partial charge on any atom is -0.388 e. The fourth-order valence-electron chi connectivity index (χ4n) is 1.58. The number of rotatable bonds is 6. The van der Waals surface area contributed by atoms with Gasteiger partial charge in [0.25, 0.3) is 5.91 Å². The van der Waals surface area contributed by atoms with Gasteiger partial charge in [0.05, 0.1) is 5.60 Å².